The summed E-state index contributed by atoms with van der Waals surface area (Å²) < 4.78 is 15.7. The van der Waals surface area contributed by atoms with Crippen molar-refractivity contribution in [2.24, 2.45) is 0 Å². The normalized spacial score (nSPS) is 10.6. The number of benzene rings is 1. The van der Waals surface area contributed by atoms with E-state index in [4.69, 9.17) is 13.9 Å². The molecule has 128 valence electrons. The van der Waals surface area contributed by atoms with Crippen molar-refractivity contribution in [1.29, 1.82) is 0 Å². The lowest BCUT2D eigenvalue weighted by molar-refractivity contribution is 0.0594. The van der Waals surface area contributed by atoms with Gasteiger partial charge in [-0.15, -0.1) is 0 Å². The summed E-state index contributed by atoms with van der Waals surface area (Å²) in [4.78, 5) is 28.4. The number of aryl methyl sites for hydroxylation is 2. The van der Waals surface area contributed by atoms with Gasteiger partial charge in [-0.25, -0.2) is 9.78 Å². The number of carbonyl (C=O) groups excluding carboxylic acids is 2. The van der Waals surface area contributed by atoms with E-state index in [-0.39, 0.29) is 23.1 Å². The smallest absolute Gasteiger partial charge is 0.341 e. The number of ether oxygens (including phenoxy) is 2. The van der Waals surface area contributed by atoms with Crippen molar-refractivity contribution in [2.75, 3.05) is 12.4 Å². The van der Waals surface area contributed by atoms with Crippen LogP contribution < -0.4 is 10.1 Å². The maximum atomic E-state index is 12.4. The third kappa shape index (κ3) is 3.73. The molecule has 0 spiro atoms. The van der Waals surface area contributed by atoms with Gasteiger partial charge in [-0.3, -0.25) is 4.79 Å². The molecule has 0 atom stereocenters. The van der Waals surface area contributed by atoms with Crippen molar-refractivity contribution in [3.8, 4) is 5.75 Å². The molecule has 0 radical (unpaired) electrons. The summed E-state index contributed by atoms with van der Waals surface area (Å²) in [7, 11) is 1.29. The highest BCUT2D eigenvalue weighted by atomic mass is 16.5. The minimum Gasteiger partial charge on any atom is -0.488 e. The summed E-state index contributed by atoms with van der Waals surface area (Å²) >= 11 is 0. The first-order valence-electron chi connectivity index (χ1n) is 7.46. The van der Waals surface area contributed by atoms with Gasteiger partial charge in [-0.2, -0.15) is 0 Å². The van der Waals surface area contributed by atoms with E-state index in [1.54, 1.807) is 32.0 Å². The van der Waals surface area contributed by atoms with E-state index in [0.717, 1.165) is 0 Å². The van der Waals surface area contributed by atoms with Gasteiger partial charge in [0.1, 0.15) is 11.3 Å². The zero-order chi connectivity index (χ0) is 17.9. The predicted octanol–water partition coefficient (Wildman–Crippen LogP) is 3.12. The van der Waals surface area contributed by atoms with Crippen LogP contribution in [0.1, 0.15) is 46.3 Å². The lowest BCUT2D eigenvalue weighted by Crippen LogP contribution is -2.17. The molecule has 0 bridgehead atoms. The fourth-order valence-electron chi connectivity index (χ4n) is 2.19. The van der Waals surface area contributed by atoms with E-state index in [9.17, 15) is 9.59 Å². The molecule has 7 nitrogen and oxygen atoms in total. The van der Waals surface area contributed by atoms with E-state index in [0.29, 0.717) is 17.3 Å². The highest BCUT2D eigenvalue weighted by Gasteiger charge is 2.22. The Kier molecular flexibility index (Phi) is 5.23. The predicted molar refractivity (Wildman–Crippen MR) is 87.5 cm³/mol. The Morgan fingerprint density at radius 1 is 1.25 bits per heavy atom. The molecule has 7 heteroatoms. The quantitative estimate of drug-likeness (QED) is 0.846. The second-order valence-corrected chi connectivity index (χ2v) is 5.43. The van der Waals surface area contributed by atoms with Gasteiger partial charge in [-0.1, -0.05) is 6.07 Å². The molecule has 24 heavy (non-hydrogen) atoms. The molecule has 2 aromatic rings. The molecule has 1 heterocycles. The number of anilines is 1. The number of nitrogens with zero attached hydrogens (tertiary/aromatic N) is 1. The van der Waals surface area contributed by atoms with Crippen LogP contribution >= 0.6 is 0 Å². The summed E-state index contributed by atoms with van der Waals surface area (Å²) in [6.07, 6.45) is -0.192. The maximum Gasteiger partial charge on any atom is 0.341 e. The van der Waals surface area contributed by atoms with Crippen molar-refractivity contribution in [3.63, 3.8) is 0 Å². The first-order valence-corrected chi connectivity index (χ1v) is 7.46. The van der Waals surface area contributed by atoms with E-state index in [1.807, 2.05) is 13.8 Å². The van der Waals surface area contributed by atoms with Crippen molar-refractivity contribution >= 4 is 17.6 Å². The van der Waals surface area contributed by atoms with Gasteiger partial charge in [-0.05, 0) is 32.9 Å². The first-order chi connectivity index (χ1) is 11.3. The fraction of sp³-hybridized carbons (Fsp3) is 0.353. The van der Waals surface area contributed by atoms with Gasteiger partial charge < -0.3 is 19.2 Å². The van der Waals surface area contributed by atoms with Gasteiger partial charge in [0.2, 0.25) is 0 Å². The Balaban J connectivity index is 2.40. The number of esters is 1. The van der Waals surface area contributed by atoms with Crippen molar-refractivity contribution in [2.45, 2.75) is 33.8 Å². The lowest BCUT2D eigenvalue weighted by Gasteiger charge is -2.17. The Morgan fingerprint density at radius 3 is 2.50 bits per heavy atom. The molecule has 0 saturated heterocycles. The zero-order valence-electron chi connectivity index (χ0n) is 14.3. The Morgan fingerprint density at radius 2 is 1.96 bits per heavy atom. The standard InChI is InChI=1S/C17H20N2O5/c1-9(2)23-15-12(17(21)22-5)7-6-8-13(15)19-16(20)14-10(3)24-11(4)18-14/h6-9H,1-5H3,(H,19,20). The second-order valence-electron chi connectivity index (χ2n) is 5.43. The van der Waals surface area contributed by atoms with Crippen LogP contribution in [0.2, 0.25) is 0 Å². The van der Waals surface area contributed by atoms with Gasteiger partial charge in [0, 0.05) is 6.92 Å². The monoisotopic (exact) mass is 332 g/mol. The third-order valence-electron chi connectivity index (χ3n) is 3.14. The van der Waals surface area contributed by atoms with E-state index in [2.05, 4.69) is 10.3 Å². The number of nitrogens with one attached hydrogen (secondary N) is 1. The SMILES string of the molecule is COC(=O)c1cccc(NC(=O)c2nc(C)oc2C)c1OC(C)C. The maximum absolute atomic E-state index is 12.4. The number of aromatic nitrogens is 1. The van der Waals surface area contributed by atoms with Crippen LogP contribution in [-0.2, 0) is 4.74 Å². The summed E-state index contributed by atoms with van der Waals surface area (Å²) in [5.41, 5.74) is 0.778. The Bertz CT molecular complexity index is 764. The van der Waals surface area contributed by atoms with E-state index in [1.165, 1.54) is 7.11 Å². The van der Waals surface area contributed by atoms with Crippen LogP contribution in [0.5, 0.6) is 5.75 Å². The molecular formula is C17H20N2O5. The first kappa shape index (κ1) is 17.5. The average Bonchev–Trinajstić information content (AvgIpc) is 2.86. The summed E-state index contributed by atoms with van der Waals surface area (Å²) in [6.45, 7) is 6.97. The summed E-state index contributed by atoms with van der Waals surface area (Å²) in [5, 5.41) is 2.71. The Hall–Kier alpha value is -2.83. The number of hydrogen-bond acceptors (Lipinski definition) is 6. The number of oxazole rings is 1. The largest absolute Gasteiger partial charge is 0.488 e. The highest BCUT2D eigenvalue weighted by molar-refractivity contribution is 6.05. The zero-order valence-corrected chi connectivity index (χ0v) is 14.3. The molecule has 0 aliphatic carbocycles. The number of carbonyl (C=O) groups is 2. The molecule has 0 fully saturated rings. The van der Waals surface area contributed by atoms with Gasteiger partial charge in [0.15, 0.2) is 17.3 Å². The molecule has 0 unspecified atom stereocenters. The van der Waals surface area contributed by atoms with Gasteiger partial charge in [0.25, 0.3) is 5.91 Å². The highest BCUT2D eigenvalue weighted by Crippen LogP contribution is 2.31. The van der Waals surface area contributed by atoms with Crippen molar-refractivity contribution < 1.29 is 23.5 Å². The number of amides is 1. The van der Waals surface area contributed by atoms with Crippen molar-refractivity contribution in [3.05, 3.63) is 41.1 Å². The minimum absolute atomic E-state index is 0.187. The molecule has 1 aromatic carbocycles. The van der Waals surface area contributed by atoms with E-state index < -0.39 is 11.9 Å². The van der Waals surface area contributed by atoms with Crippen molar-refractivity contribution in [1.82, 2.24) is 4.98 Å². The molecule has 0 aliphatic heterocycles. The molecule has 0 saturated carbocycles. The Labute approximate surface area is 140 Å². The molecular weight excluding hydrogens is 312 g/mol. The molecule has 1 N–H and O–H groups in total. The number of methoxy groups -OCH3 is 1. The molecule has 2 rings (SSSR count). The van der Waals surface area contributed by atoms with Gasteiger partial charge in [0.05, 0.1) is 18.9 Å². The second kappa shape index (κ2) is 7.16. The summed E-state index contributed by atoms with van der Waals surface area (Å²) in [6, 6.07) is 4.85. The number of para-hydroxylation sites is 1. The minimum atomic E-state index is -0.546. The molecule has 1 aromatic heterocycles. The molecule has 1 amide bonds. The third-order valence-corrected chi connectivity index (χ3v) is 3.14. The van der Waals surface area contributed by atoms with Crippen LogP contribution in [0.25, 0.3) is 0 Å². The van der Waals surface area contributed by atoms with Crippen LogP contribution in [0, 0.1) is 13.8 Å². The van der Waals surface area contributed by atoms with Crippen LogP contribution in [0.4, 0.5) is 5.69 Å². The van der Waals surface area contributed by atoms with Crippen LogP contribution in [0.15, 0.2) is 22.6 Å². The van der Waals surface area contributed by atoms with Crippen LogP contribution in [0.3, 0.4) is 0 Å². The van der Waals surface area contributed by atoms with E-state index >= 15 is 0 Å². The number of rotatable bonds is 5. The lowest BCUT2D eigenvalue weighted by atomic mass is 10.1. The fourth-order valence-corrected chi connectivity index (χ4v) is 2.19. The summed E-state index contributed by atoms with van der Waals surface area (Å²) in [5.74, 6) is 0.0841. The average molecular weight is 332 g/mol. The van der Waals surface area contributed by atoms with Crippen LogP contribution in [-0.4, -0.2) is 30.1 Å². The number of hydrogen-bond donors (Lipinski definition) is 1. The topological polar surface area (TPSA) is 90.7 Å². The molecule has 0 aliphatic rings. The van der Waals surface area contributed by atoms with Gasteiger partial charge >= 0.3 is 5.97 Å².